The highest BCUT2D eigenvalue weighted by atomic mass is 16.6. The Morgan fingerprint density at radius 1 is 0.480 bits per heavy atom. The topological polar surface area (TPSA) is 89.0 Å². The fourth-order valence-electron chi connectivity index (χ4n) is 6.32. The first-order chi connectivity index (χ1) is 23.7. The quantitative estimate of drug-likeness (QED) is 0.0350. The molecule has 0 heterocycles. The highest BCUT2D eigenvalue weighted by Crippen LogP contribution is 2.16. The van der Waals surface area contributed by atoms with E-state index >= 15 is 0 Å². The Hall–Kier alpha value is -1.83. The molecule has 0 fully saturated rings. The van der Waals surface area contributed by atoms with Gasteiger partial charge in [0.1, 0.15) is 11.2 Å². The predicted octanol–water partition coefficient (Wildman–Crippen LogP) is 12.2. The average molecular weight is 710 g/mol. The van der Waals surface area contributed by atoms with E-state index in [1.54, 1.807) is 41.5 Å². The van der Waals surface area contributed by atoms with E-state index in [2.05, 4.69) is 36.5 Å². The van der Waals surface area contributed by atoms with Crippen LogP contribution in [0.25, 0.3) is 0 Å². The number of guanidine groups is 1. The van der Waals surface area contributed by atoms with Gasteiger partial charge in [-0.2, -0.15) is 0 Å². The van der Waals surface area contributed by atoms with Crippen LogP contribution in [0.4, 0.5) is 9.59 Å². The molecule has 0 spiro atoms. The number of alkyl carbamates (subject to hydrolysis) is 2. The van der Waals surface area contributed by atoms with Crippen LogP contribution in [0.1, 0.15) is 209 Å². The highest BCUT2D eigenvalue weighted by molar-refractivity contribution is 6.01. The first kappa shape index (κ1) is 48.2. The molecule has 296 valence electrons. The summed E-state index contributed by atoms with van der Waals surface area (Å²) in [6.07, 6.45) is 31.1. The van der Waals surface area contributed by atoms with E-state index < -0.39 is 23.4 Å². The third-order valence-corrected chi connectivity index (χ3v) is 9.25. The van der Waals surface area contributed by atoms with Gasteiger partial charge in [-0.15, -0.1) is 0 Å². The van der Waals surface area contributed by atoms with Crippen molar-refractivity contribution in [2.45, 2.75) is 221 Å². The number of unbranched alkanes of at least 4 members (excludes halogenated alkanes) is 22. The summed E-state index contributed by atoms with van der Waals surface area (Å²) in [7, 11) is 2.36. The van der Waals surface area contributed by atoms with Gasteiger partial charge in [-0.05, 0) is 67.2 Å². The Bertz CT molecular complexity index is 803. The van der Waals surface area contributed by atoms with E-state index in [4.69, 9.17) is 9.47 Å². The molecule has 0 aromatic heterocycles. The molecule has 0 aliphatic carbocycles. The van der Waals surface area contributed by atoms with Gasteiger partial charge in [0.05, 0.1) is 33.2 Å². The summed E-state index contributed by atoms with van der Waals surface area (Å²) in [5, 5.41) is 5.27. The number of hydrogen-bond donors (Lipinski definition) is 2. The molecule has 0 aliphatic heterocycles. The number of nitrogens with one attached hydrogen (secondary N) is 2. The molecule has 2 amide bonds. The van der Waals surface area contributed by atoms with E-state index in [1.165, 1.54) is 154 Å². The Kier molecular flexibility index (Phi) is 28.6. The number of likely N-dealkylation sites (N-methyl/N-ethyl adjacent to an activating group) is 1. The van der Waals surface area contributed by atoms with Crippen LogP contribution >= 0.6 is 0 Å². The minimum Gasteiger partial charge on any atom is -0.444 e. The Morgan fingerprint density at radius 2 is 0.760 bits per heavy atom. The van der Waals surface area contributed by atoms with Gasteiger partial charge in [0.2, 0.25) is 5.96 Å². The van der Waals surface area contributed by atoms with Crippen molar-refractivity contribution in [1.29, 1.82) is 0 Å². The van der Waals surface area contributed by atoms with Crippen LogP contribution in [0.15, 0.2) is 4.99 Å². The molecule has 0 aromatic carbocycles. The molecule has 0 saturated carbocycles. The predicted molar refractivity (Wildman–Crippen MR) is 214 cm³/mol. The minimum atomic E-state index is -0.668. The number of quaternary nitrogens is 1. The van der Waals surface area contributed by atoms with Crippen molar-refractivity contribution in [3.8, 4) is 0 Å². The molecule has 0 saturated heterocycles. The normalized spacial score (nSPS) is 12.1. The van der Waals surface area contributed by atoms with Gasteiger partial charge in [-0.1, -0.05) is 142 Å². The largest absolute Gasteiger partial charge is 0.444 e. The lowest BCUT2D eigenvalue weighted by molar-refractivity contribution is -0.908. The van der Waals surface area contributed by atoms with Crippen LogP contribution in [0.2, 0.25) is 0 Å². The third-order valence-electron chi connectivity index (χ3n) is 9.25. The van der Waals surface area contributed by atoms with Gasteiger partial charge >= 0.3 is 12.2 Å². The molecule has 0 aromatic rings. The zero-order valence-corrected chi connectivity index (χ0v) is 34.8. The van der Waals surface area contributed by atoms with Gasteiger partial charge in [0, 0.05) is 0 Å². The summed E-state index contributed by atoms with van der Waals surface area (Å²) in [6, 6.07) is 0. The Balaban J connectivity index is 5.03. The number of aliphatic imine (C=N–C) groups is 1. The molecule has 0 atom stereocenters. The lowest BCUT2D eigenvalue weighted by Gasteiger charge is -2.34. The van der Waals surface area contributed by atoms with E-state index in [1.807, 2.05) is 0 Å². The second kappa shape index (κ2) is 29.7. The number of nitrogens with zero attached hydrogens (tertiary/aromatic N) is 2. The molecule has 0 radical (unpaired) electrons. The second-order valence-corrected chi connectivity index (χ2v) is 17.1. The number of carbonyl (C=O) groups is 2. The van der Waals surface area contributed by atoms with Crippen molar-refractivity contribution < 1.29 is 23.5 Å². The molecule has 8 nitrogen and oxygen atoms in total. The first-order valence-corrected chi connectivity index (χ1v) is 21.1. The Morgan fingerprint density at radius 3 is 1.04 bits per heavy atom. The van der Waals surface area contributed by atoms with Gasteiger partial charge in [0.25, 0.3) is 0 Å². The molecule has 0 aliphatic rings. The van der Waals surface area contributed by atoms with E-state index in [0.717, 1.165) is 24.1 Å². The Labute approximate surface area is 310 Å². The third kappa shape index (κ3) is 33.3. The SMILES string of the molecule is CCCCCCCCCCCCCC[N+](C)(CCCCCCCCCCCCCC)CCN=C(NC(=O)OC(C)(C)C)NC(=O)OC(C)(C)C. The van der Waals surface area contributed by atoms with Crippen LogP contribution in [0, 0.1) is 0 Å². The summed E-state index contributed by atoms with van der Waals surface area (Å²) in [5.41, 5.74) is -1.34. The fraction of sp³-hybridized carbons (Fsp3) is 0.929. The van der Waals surface area contributed by atoms with Crippen LogP contribution in [0.3, 0.4) is 0 Å². The van der Waals surface area contributed by atoms with Crippen molar-refractivity contribution in [1.82, 2.24) is 10.6 Å². The van der Waals surface area contributed by atoms with Crippen molar-refractivity contribution in [3.63, 3.8) is 0 Å². The minimum absolute atomic E-state index is 0.0655. The van der Waals surface area contributed by atoms with Crippen LogP contribution < -0.4 is 10.6 Å². The zero-order valence-electron chi connectivity index (χ0n) is 34.8. The van der Waals surface area contributed by atoms with Gasteiger partial charge in [-0.25, -0.2) is 14.6 Å². The number of rotatable bonds is 29. The lowest BCUT2D eigenvalue weighted by Crippen LogP contribution is -2.49. The van der Waals surface area contributed by atoms with Gasteiger partial charge in [-0.3, -0.25) is 10.6 Å². The van der Waals surface area contributed by atoms with E-state index in [0.29, 0.717) is 6.54 Å². The molecular formula is C42H85N4O4+. The molecule has 0 rings (SSSR count). The summed E-state index contributed by atoms with van der Waals surface area (Å²) in [6.45, 7) is 19.0. The van der Waals surface area contributed by atoms with Crippen molar-refractivity contribution in [2.24, 2.45) is 4.99 Å². The average Bonchev–Trinajstić information content (AvgIpc) is 3.00. The van der Waals surface area contributed by atoms with Crippen molar-refractivity contribution in [2.75, 3.05) is 33.2 Å². The summed E-state index contributed by atoms with van der Waals surface area (Å²) < 4.78 is 11.8. The van der Waals surface area contributed by atoms with Crippen LogP contribution in [-0.4, -0.2) is 67.1 Å². The highest BCUT2D eigenvalue weighted by Gasteiger charge is 2.23. The maximum absolute atomic E-state index is 12.6. The van der Waals surface area contributed by atoms with Crippen LogP contribution in [-0.2, 0) is 9.47 Å². The maximum atomic E-state index is 12.6. The number of carbonyl (C=O) groups excluding carboxylic acids is 2. The zero-order chi connectivity index (χ0) is 37.6. The summed E-state index contributed by atoms with van der Waals surface area (Å²) in [4.78, 5) is 29.8. The van der Waals surface area contributed by atoms with E-state index in [9.17, 15) is 9.59 Å². The first-order valence-electron chi connectivity index (χ1n) is 21.1. The van der Waals surface area contributed by atoms with Gasteiger partial charge < -0.3 is 14.0 Å². The lowest BCUT2D eigenvalue weighted by atomic mass is 10.0. The van der Waals surface area contributed by atoms with E-state index in [-0.39, 0.29) is 5.96 Å². The molecule has 0 unspecified atom stereocenters. The van der Waals surface area contributed by atoms with Crippen molar-refractivity contribution in [3.05, 3.63) is 0 Å². The summed E-state index contributed by atoms with van der Waals surface area (Å²) in [5.74, 6) is 0.0655. The molecular weight excluding hydrogens is 624 g/mol. The maximum Gasteiger partial charge on any atom is 0.414 e. The number of ether oxygens (including phenoxy) is 2. The smallest absolute Gasteiger partial charge is 0.414 e. The van der Waals surface area contributed by atoms with Crippen molar-refractivity contribution >= 4 is 18.1 Å². The van der Waals surface area contributed by atoms with Gasteiger partial charge in [0.15, 0.2) is 0 Å². The summed E-state index contributed by atoms with van der Waals surface area (Å²) >= 11 is 0. The molecule has 2 N–H and O–H groups in total. The fourth-order valence-corrected chi connectivity index (χ4v) is 6.32. The standard InChI is InChI=1S/C42H84N4O4/c1-10-12-14-16-18-20-22-24-26-28-30-32-35-46(9,36-33-31-29-27-25-23-21-19-17-15-13-11-2)37-34-43-38(44-39(47)49-41(3,4)5)45-40(48)50-42(6,7)8/h10-37H2,1-9H3,(H-,43,44,45,47,48)/p+1. The monoisotopic (exact) mass is 710 g/mol. The molecule has 8 heteroatoms. The number of hydrogen-bond acceptors (Lipinski definition) is 5. The number of amides is 2. The molecule has 0 bridgehead atoms. The molecule has 50 heavy (non-hydrogen) atoms. The van der Waals surface area contributed by atoms with Crippen LogP contribution in [0.5, 0.6) is 0 Å². The second-order valence-electron chi connectivity index (χ2n) is 17.1.